The molecule has 0 saturated heterocycles. The summed E-state index contributed by atoms with van der Waals surface area (Å²) in [5, 5.41) is 6.98. The Balaban J connectivity index is 1.78. The summed E-state index contributed by atoms with van der Waals surface area (Å²) in [6.07, 6.45) is 5.53. The molecule has 0 aliphatic heterocycles. The van der Waals surface area contributed by atoms with Gasteiger partial charge >= 0.3 is 0 Å². The summed E-state index contributed by atoms with van der Waals surface area (Å²) in [4.78, 5) is 0. The van der Waals surface area contributed by atoms with E-state index in [2.05, 4.69) is 66.9 Å². The van der Waals surface area contributed by atoms with Crippen molar-refractivity contribution in [1.29, 1.82) is 0 Å². The predicted molar refractivity (Wildman–Crippen MR) is 125 cm³/mol. The van der Waals surface area contributed by atoms with Crippen LogP contribution in [0.2, 0.25) is 10.0 Å². The molecular weight excluding hydrogens is 523 g/mol. The highest BCUT2D eigenvalue weighted by Gasteiger charge is 2.24. The SMILES string of the molecule is Clc1ccc(Cn2nc(CBr)c3c2/C(=C/c2ccc(Br)cc2)CCC3)c(Cl)c1. The number of benzene rings is 2. The zero-order chi connectivity index (χ0) is 19.7. The van der Waals surface area contributed by atoms with E-state index >= 15 is 0 Å². The van der Waals surface area contributed by atoms with Crippen LogP contribution < -0.4 is 0 Å². The molecule has 0 N–H and O–H groups in total. The summed E-state index contributed by atoms with van der Waals surface area (Å²) < 4.78 is 3.19. The van der Waals surface area contributed by atoms with Gasteiger partial charge in [-0.05, 0) is 66.3 Å². The highest BCUT2D eigenvalue weighted by atomic mass is 79.9. The summed E-state index contributed by atoms with van der Waals surface area (Å²) in [7, 11) is 0. The van der Waals surface area contributed by atoms with E-state index in [4.69, 9.17) is 28.3 Å². The number of halogens is 4. The Bertz CT molecular complexity index is 1040. The van der Waals surface area contributed by atoms with Crippen LogP contribution in [0.15, 0.2) is 46.9 Å². The second kappa shape index (κ2) is 8.74. The molecule has 144 valence electrons. The van der Waals surface area contributed by atoms with E-state index in [0.717, 1.165) is 40.3 Å². The van der Waals surface area contributed by atoms with Crippen LogP contribution in [0.1, 0.15) is 40.9 Å². The standard InChI is InChI=1S/C22H18Br2Cl2N2/c23-12-21-19-3-1-2-15(10-14-4-7-17(24)8-5-14)22(19)28(27-21)13-16-6-9-18(25)11-20(16)26/h4-11H,1-3,12-13H2/b15-10+. The first-order valence-electron chi connectivity index (χ1n) is 9.10. The first-order valence-corrected chi connectivity index (χ1v) is 11.8. The quantitative estimate of drug-likeness (QED) is 0.309. The van der Waals surface area contributed by atoms with Crippen LogP contribution in [0.25, 0.3) is 11.6 Å². The van der Waals surface area contributed by atoms with Gasteiger partial charge in [0.05, 0.1) is 17.9 Å². The van der Waals surface area contributed by atoms with E-state index in [1.165, 1.54) is 22.4 Å². The van der Waals surface area contributed by atoms with Gasteiger partial charge in [-0.2, -0.15) is 5.10 Å². The molecule has 0 bridgehead atoms. The van der Waals surface area contributed by atoms with Crippen LogP contribution in [0, 0.1) is 0 Å². The summed E-state index contributed by atoms with van der Waals surface area (Å²) in [5.74, 6) is 0. The van der Waals surface area contributed by atoms with E-state index in [9.17, 15) is 0 Å². The number of nitrogens with zero attached hydrogens (tertiary/aromatic N) is 2. The fraction of sp³-hybridized carbons (Fsp3) is 0.227. The van der Waals surface area contributed by atoms with Gasteiger partial charge in [0, 0.05) is 25.4 Å². The van der Waals surface area contributed by atoms with E-state index < -0.39 is 0 Å². The van der Waals surface area contributed by atoms with Crippen molar-refractivity contribution in [3.63, 3.8) is 0 Å². The monoisotopic (exact) mass is 538 g/mol. The average molecular weight is 541 g/mol. The first-order chi connectivity index (χ1) is 13.5. The number of fused-ring (bicyclic) bond motifs is 1. The lowest BCUT2D eigenvalue weighted by atomic mass is 9.90. The van der Waals surface area contributed by atoms with E-state index in [1.54, 1.807) is 6.07 Å². The van der Waals surface area contributed by atoms with Crippen LogP contribution in [0.5, 0.6) is 0 Å². The molecule has 28 heavy (non-hydrogen) atoms. The van der Waals surface area contributed by atoms with Gasteiger partial charge in [0.2, 0.25) is 0 Å². The molecule has 0 spiro atoms. The highest BCUT2D eigenvalue weighted by molar-refractivity contribution is 9.10. The smallest absolute Gasteiger partial charge is 0.0768 e. The fourth-order valence-corrected chi connectivity index (χ4v) is 4.86. The zero-order valence-electron chi connectivity index (χ0n) is 15.1. The van der Waals surface area contributed by atoms with Crippen molar-refractivity contribution < 1.29 is 0 Å². The molecule has 0 radical (unpaired) electrons. The molecule has 6 heteroatoms. The number of allylic oxidation sites excluding steroid dienone is 1. The van der Waals surface area contributed by atoms with E-state index in [-0.39, 0.29) is 0 Å². The summed E-state index contributed by atoms with van der Waals surface area (Å²) in [5.41, 5.74) is 7.23. The Kier molecular flexibility index (Phi) is 6.31. The van der Waals surface area contributed by atoms with Gasteiger partial charge in [-0.25, -0.2) is 0 Å². The average Bonchev–Trinajstić information content (AvgIpc) is 3.04. The maximum Gasteiger partial charge on any atom is 0.0768 e. The van der Waals surface area contributed by atoms with Crippen molar-refractivity contribution in [3.05, 3.63) is 85.1 Å². The maximum atomic E-state index is 6.43. The molecule has 1 aliphatic rings. The zero-order valence-corrected chi connectivity index (χ0v) is 19.7. The van der Waals surface area contributed by atoms with Gasteiger partial charge < -0.3 is 0 Å². The van der Waals surface area contributed by atoms with Crippen molar-refractivity contribution in [2.45, 2.75) is 31.1 Å². The molecule has 2 aromatic carbocycles. The maximum absolute atomic E-state index is 6.43. The van der Waals surface area contributed by atoms with Gasteiger partial charge in [-0.15, -0.1) is 0 Å². The Labute approximate surface area is 191 Å². The predicted octanol–water partition coefficient (Wildman–Crippen LogP) is 7.77. The van der Waals surface area contributed by atoms with Gasteiger partial charge in [-0.1, -0.05) is 73.3 Å². The van der Waals surface area contributed by atoms with Gasteiger partial charge in [0.15, 0.2) is 0 Å². The van der Waals surface area contributed by atoms with Crippen LogP contribution in [0.3, 0.4) is 0 Å². The Hall–Kier alpha value is -1.07. The largest absolute Gasteiger partial charge is 0.260 e. The van der Waals surface area contributed by atoms with Crippen LogP contribution in [0.4, 0.5) is 0 Å². The minimum atomic E-state index is 0.628. The normalized spacial score (nSPS) is 15.1. The molecule has 0 fully saturated rings. The van der Waals surface area contributed by atoms with Gasteiger partial charge in [0.25, 0.3) is 0 Å². The lowest BCUT2D eigenvalue weighted by Gasteiger charge is -2.19. The van der Waals surface area contributed by atoms with Crippen molar-refractivity contribution in [1.82, 2.24) is 9.78 Å². The number of aromatic nitrogens is 2. The summed E-state index contributed by atoms with van der Waals surface area (Å²) >= 11 is 19.6. The third-order valence-corrected chi connectivity index (χ3v) is 6.63. The molecular formula is C22H18Br2Cl2N2. The first kappa shape index (κ1) is 20.2. The second-order valence-corrected chi connectivity index (χ2v) is 9.20. The Morgan fingerprint density at radius 1 is 1.07 bits per heavy atom. The third kappa shape index (κ3) is 4.25. The second-order valence-electron chi connectivity index (χ2n) is 6.88. The molecule has 4 rings (SSSR count). The Morgan fingerprint density at radius 3 is 2.57 bits per heavy atom. The molecule has 1 aliphatic carbocycles. The van der Waals surface area contributed by atoms with Crippen molar-refractivity contribution in [2.24, 2.45) is 0 Å². The minimum Gasteiger partial charge on any atom is -0.260 e. The number of alkyl halides is 1. The lowest BCUT2D eigenvalue weighted by molar-refractivity contribution is 0.662. The van der Waals surface area contributed by atoms with Crippen LogP contribution >= 0.6 is 55.1 Å². The van der Waals surface area contributed by atoms with Crippen LogP contribution in [-0.2, 0) is 18.3 Å². The molecule has 0 saturated carbocycles. The fourth-order valence-electron chi connectivity index (χ4n) is 3.68. The highest BCUT2D eigenvalue weighted by Crippen LogP contribution is 2.36. The molecule has 1 aromatic heterocycles. The topological polar surface area (TPSA) is 17.8 Å². The van der Waals surface area contributed by atoms with Crippen molar-refractivity contribution >= 4 is 66.7 Å². The molecule has 2 nitrogen and oxygen atoms in total. The van der Waals surface area contributed by atoms with E-state index in [0.29, 0.717) is 16.6 Å². The molecule has 0 amide bonds. The minimum absolute atomic E-state index is 0.628. The summed E-state index contributed by atoms with van der Waals surface area (Å²) in [6.45, 7) is 0.628. The Morgan fingerprint density at radius 2 is 1.86 bits per heavy atom. The number of rotatable bonds is 4. The van der Waals surface area contributed by atoms with E-state index in [1.807, 2.05) is 12.1 Å². The summed E-state index contributed by atoms with van der Waals surface area (Å²) in [6, 6.07) is 14.1. The molecule has 0 unspecified atom stereocenters. The number of hydrogen-bond donors (Lipinski definition) is 0. The van der Waals surface area contributed by atoms with Gasteiger partial charge in [0.1, 0.15) is 0 Å². The van der Waals surface area contributed by atoms with Crippen molar-refractivity contribution in [2.75, 3.05) is 0 Å². The van der Waals surface area contributed by atoms with Crippen LogP contribution in [-0.4, -0.2) is 9.78 Å². The number of hydrogen-bond acceptors (Lipinski definition) is 1. The molecule has 0 atom stereocenters. The molecule has 1 heterocycles. The molecule has 3 aromatic rings. The third-order valence-electron chi connectivity index (χ3n) is 4.98. The van der Waals surface area contributed by atoms with Gasteiger partial charge in [-0.3, -0.25) is 4.68 Å². The lowest BCUT2D eigenvalue weighted by Crippen LogP contribution is -2.10. The van der Waals surface area contributed by atoms with Crippen molar-refractivity contribution in [3.8, 4) is 0 Å².